The molecule has 2 aliphatic heterocycles. The molecule has 2 rings (SSSR count). The molecule has 2 fully saturated rings. The predicted molar refractivity (Wildman–Crippen MR) is 59.3 cm³/mol. The Bertz CT molecular complexity index is 166. The Kier molecular flexibility index (Phi) is 3.79. The largest absolute Gasteiger partial charge is 0.326 e. The van der Waals surface area contributed by atoms with E-state index in [4.69, 9.17) is 5.73 Å². The van der Waals surface area contributed by atoms with E-state index in [9.17, 15) is 0 Å². The maximum Gasteiger partial charge on any atom is 0.0180 e. The summed E-state index contributed by atoms with van der Waals surface area (Å²) < 4.78 is 0. The van der Waals surface area contributed by atoms with Crippen LogP contribution in [0.1, 0.15) is 25.7 Å². The normalized spacial score (nSPS) is 30.2. The summed E-state index contributed by atoms with van der Waals surface area (Å²) >= 11 is 0. The lowest BCUT2D eigenvalue weighted by Gasteiger charge is -2.18. The average molecular weight is 197 g/mol. The van der Waals surface area contributed by atoms with Gasteiger partial charge in [-0.3, -0.25) is 0 Å². The molecular weight excluding hydrogens is 174 g/mol. The summed E-state index contributed by atoms with van der Waals surface area (Å²) in [4.78, 5) is 5.11. The second kappa shape index (κ2) is 5.10. The minimum atomic E-state index is 0.446. The van der Waals surface area contributed by atoms with Crippen LogP contribution in [0, 0.1) is 0 Å². The Morgan fingerprint density at radius 3 is 2.36 bits per heavy atom. The molecule has 0 aromatic rings. The number of nitrogens with two attached hydrogens (primary N) is 1. The van der Waals surface area contributed by atoms with Gasteiger partial charge in [0.05, 0.1) is 0 Å². The van der Waals surface area contributed by atoms with E-state index in [1.807, 2.05) is 0 Å². The molecular formula is C11H23N3. The zero-order valence-electron chi connectivity index (χ0n) is 9.12. The van der Waals surface area contributed by atoms with Crippen molar-refractivity contribution in [1.82, 2.24) is 9.80 Å². The second-order valence-electron chi connectivity index (χ2n) is 4.75. The van der Waals surface area contributed by atoms with Crippen molar-refractivity contribution in [2.45, 2.75) is 31.7 Å². The van der Waals surface area contributed by atoms with Crippen LogP contribution in [-0.2, 0) is 0 Å². The van der Waals surface area contributed by atoms with Crippen molar-refractivity contribution < 1.29 is 0 Å². The minimum Gasteiger partial charge on any atom is -0.326 e. The van der Waals surface area contributed by atoms with Crippen molar-refractivity contribution in [3.63, 3.8) is 0 Å². The quantitative estimate of drug-likeness (QED) is 0.712. The summed E-state index contributed by atoms with van der Waals surface area (Å²) in [6, 6.07) is 0.446. The van der Waals surface area contributed by atoms with E-state index in [1.165, 1.54) is 58.4 Å². The molecule has 2 saturated heterocycles. The lowest BCUT2D eigenvalue weighted by molar-refractivity contribution is 0.279. The second-order valence-corrected chi connectivity index (χ2v) is 4.75. The molecule has 3 nitrogen and oxygen atoms in total. The summed E-state index contributed by atoms with van der Waals surface area (Å²) in [6.45, 7) is 7.57. The fraction of sp³-hybridized carbons (Fsp3) is 1.00. The minimum absolute atomic E-state index is 0.446. The fourth-order valence-corrected chi connectivity index (χ4v) is 2.59. The SMILES string of the molecule is N[C@H]1CCN(CCCN2CCCC2)C1. The summed E-state index contributed by atoms with van der Waals surface area (Å²) in [7, 11) is 0. The lowest BCUT2D eigenvalue weighted by atomic mass is 10.3. The third kappa shape index (κ3) is 2.94. The molecule has 0 spiro atoms. The molecule has 0 unspecified atom stereocenters. The van der Waals surface area contributed by atoms with E-state index in [-0.39, 0.29) is 0 Å². The van der Waals surface area contributed by atoms with Gasteiger partial charge in [0.15, 0.2) is 0 Å². The van der Waals surface area contributed by atoms with Gasteiger partial charge < -0.3 is 15.5 Å². The van der Waals surface area contributed by atoms with Crippen LogP contribution in [0.25, 0.3) is 0 Å². The van der Waals surface area contributed by atoms with Crippen LogP contribution in [0.15, 0.2) is 0 Å². The molecule has 1 atom stereocenters. The molecule has 3 heteroatoms. The Hall–Kier alpha value is -0.120. The van der Waals surface area contributed by atoms with Gasteiger partial charge in [0.25, 0.3) is 0 Å². The van der Waals surface area contributed by atoms with E-state index in [2.05, 4.69) is 9.80 Å². The van der Waals surface area contributed by atoms with Crippen LogP contribution < -0.4 is 5.73 Å². The number of hydrogen-bond donors (Lipinski definition) is 1. The number of rotatable bonds is 4. The van der Waals surface area contributed by atoms with Crippen molar-refractivity contribution in [2.75, 3.05) is 39.3 Å². The highest BCUT2D eigenvalue weighted by molar-refractivity contribution is 4.78. The first-order valence-electron chi connectivity index (χ1n) is 6.05. The standard InChI is InChI=1S/C11H23N3/c12-11-4-9-14(10-11)8-3-7-13-5-1-2-6-13/h11H,1-10,12H2/t11-/m0/s1. The summed E-state index contributed by atoms with van der Waals surface area (Å²) in [5.74, 6) is 0. The van der Waals surface area contributed by atoms with Crippen molar-refractivity contribution in [3.05, 3.63) is 0 Å². The van der Waals surface area contributed by atoms with Gasteiger partial charge in [-0.15, -0.1) is 0 Å². The monoisotopic (exact) mass is 197 g/mol. The number of likely N-dealkylation sites (tertiary alicyclic amines) is 2. The highest BCUT2D eigenvalue weighted by Gasteiger charge is 2.18. The molecule has 0 aromatic heterocycles. The first-order valence-corrected chi connectivity index (χ1v) is 6.05. The first kappa shape index (κ1) is 10.4. The van der Waals surface area contributed by atoms with Gasteiger partial charge in [-0.25, -0.2) is 0 Å². The molecule has 0 aliphatic carbocycles. The highest BCUT2D eigenvalue weighted by Crippen LogP contribution is 2.10. The van der Waals surface area contributed by atoms with Crippen molar-refractivity contribution >= 4 is 0 Å². The van der Waals surface area contributed by atoms with Gasteiger partial charge in [0.1, 0.15) is 0 Å². The van der Waals surface area contributed by atoms with Crippen molar-refractivity contribution in [3.8, 4) is 0 Å². The van der Waals surface area contributed by atoms with Crippen LogP contribution in [0.5, 0.6) is 0 Å². The topological polar surface area (TPSA) is 32.5 Å². The van der Waals surface area contributed by atoms with E-state index in [0.29, 0.717) is 6.04 Å². The maximum absolute atomic E-state index is 5.87. The highest BCUT2D eigenvalue weighted by atomic mass is 15.2. The molecule has 2 N–H and O–H groups in total. The summed E-state index contributed by atoms with van der Waals surface area (Å²) in [6.07, 6.45) is 5.35. The molecule has 0 radical (unpaired) electrons. The molecule has 2 aliphatic rings. The van der Waals surface area contributed by atoms with Crippen LogP contribution in [0.3, 0.4) is 0 Å². The molecule has 0 amide bonds. The van der Waals surface area contributed by atoms with Crippen molar-refractivity contribution in [2.24, 2.45) is 5.73 Å². The van der Waals surface area contributed by atoms with E-state index < -0.39 is 0 Å². The van der Waals surface area contributed by atoms with Gasteiger partial charge in [-0.1, -0.05) is 0 Å². The lowest BCUT2D eigenvalue weighted by Crippen LogP contribution is -2.29. The maximum atomic E-state index is 5.87. The Morgan fingerprint density at radius 1 is 1.00 bits per heavy atom. The van der Waals surface area contributed by atoms with Crippen molar-refractivity contribution in [1.29, 1.82) is 0 Å². The zero-order valence-corrected chi connectivity index (χ0v) is 9.12. The van der Waals surface area contributed by atoms with Gasteiger partial charge >= 0.3 is 0 Å². The molecule has 0 bridgehead atoms. The molecule has 0 saturated carbocycles. The predicted octanol–water partition coefficient (Wildman–Crippen LogP) is 0.505. The van der Waals surface area contributed by atoms with Crippen LogP contribution in [0.4, 0.5) is 0 Å². The van der Waals surface area contributed by atoms with Gasteiger partial charge in [-0.05, 0) is 58.4 Å². The first-order chi connectivity index (χ1) is 6.84. The van der Waals surface area contributed by atoms with E-state index in [1.54, 1.807) is 0 Å². The third-order valence-corrected chi connectivity index (χ3v) is 3.46. The summed E-state index contributed by atoms with van der Waals surface area (Å²) in [5.41, 5.74) is 5.87. The fourth-order valence-electron chi connectivity index (χ4n) is 2.59. The van der Waals surface area contributed by atoms with E-state index >= 15 is 0 Å². The van der Waals surface area contributed by atoms with Gasteiger partial charge in [-0.2, -0.15) is 0 Å². The zero-order chi connectivity index (χ0) is 9.80. The number of hydrogen-bond acceptors (Lipinski definition) is 3. The molecule has 82 valence electrons. The molecule has 14 heavy (non-hydrogen) atoms. The van der Waals surface area contributed by atoms with Crippen LogP contribution in [0.2, 0.25) is 0 Å². The smallest absolute Gasteiger partial charge is 0.0180 e. The van der Waals surface area contributed by atoms with Gasteiger partial charge in [0, 0.05) is 12.6 Å². The average Bonchev–Trinajstić information content (AvgIpc) is 2.77. The summed E-state index contributed by atoms with van der Waals surface area (Å²) in [5, 5.41) is 0. The Morgan fingerprint density at radius 2 is 1.71 bits per heavy atom. The Balaban J connectivity index is 1.54. The van der Waals surface area contributed by atoms with Gasteiger partial charge in [0.2, 0.25) is 0 Å². The molecule has 0 aromatic carbocycles. The third-order valence-electron chi connectivity index (χ3n) is 3.46. The van der Waals surface area contributed by atoms with E-state index in [0.717, 1.165) is 6.54 Å². The Labute approximate surface area is 87.2 Å². The molecule has 2 heterocycles. The van der Waals surface area contributed by atoms with Crippen LogP contribution >= 0.6 is 0 Å². The number of nitrogens with zero attached hydrogens (tertiary/aromatic N) is 2. The van der Waals surface area contributed by atoms with Crippen LogP contribution in [-0.4, -0.2) is 55.1 Å².